The molecule has 0 amide bonds. The Hall–Kier alpha value is -0.740. The highest BCUT2D eigenvalue weighted by Crippen LogP contribution is 2.33. The second-order valence-electron chi connectivity index (χ2n) is 6.21. The van der Waals surface area contributed by atoms with E-state index in [9.17, 15) is 0 Å². The van der Waals surface area contributed by atoms with Crippen LogP contribution in [0.2, 0.25) is 0 Å². The molecule has 0 aliphatic carbocycles. The summed E-state index contributed by atoms with van der Waals surface area (Å²) in [4.78, 5) is 9.28. The fourth-order valence-corrected chi connectivity index (χ4v) is 2.08. The first-order valence-corrected chi connectivity index (χ1v) is 6.09. The van der Waals surface area contributed by atoms with Crippen LogP contribution in [0.15, 0.2) is 9.98 Å². The van der Waals surface area contributed by atoms with E-state index < -0.39 is 11.4 Å². The van der Waals surface area contributed by atoms with Crippen molar-refractivity contribution in [1.82, 2.24) is 0 Å². The average molecular weight is 238 g/mol. The van der Waals surface area contributed by atoms with Crippen LogP contribution in [0.4, 0.5) is 0 Å². The zero-order valence-electron chi connectivity index (χ0n) is 11.6. The molecule has 0 saturated heterocycles. The Morgan fingerprint density at radius 2 is 1.24 bits per heavy atom. The molecule has 0 unspecified atom stereocenters. The van der Waals surface area contributed by atoms with Crippen LogP contribution in [0.3, 0.4) is 0 Å². The van der Waals surface area contributed by atoms with Crippen LogP contribution in [-0.4, -0.2) is 36.1 Å². The van der Waals surface area contributed by atoms with Crippen molar-refractivity contribution in [3.63, 3.8) is 0 Å². The van der Waals surface area contributed by atoms with Crippen molar-refractivity contribution in [1.29, 1.82) is 0 Å². The van der Waals surface area contributed by atoms with Crippen LogP contribution in [-0.2, 0) is 9.47 Å². The van der Waals surface area contributed by atoms with E-state index in [1.807, 2.05) is 27.7 Å². The van der Waals surface area contributed by atoms with Crippen LogP contribution < -0.4 is 0 Å². The maximum atomic E-state index is 5.65. The summed E-state index contributed by atoms with van der Waals surface area (Å²) in [5, 5.41) is 0. The van der Waals surface area contributed by atoms with Crippen molar-refractivity contribution >= 4 is 11.4 Å². The summed E-state index contributed by atoms with van der Waals surface area (Å²) < 4.78 is 11.3. The molecular formula is C13H22N2O2. The van der Waals surface area contributed by atoms with Crippen LogP contribution >= 0.6 is 0 Å². The van der Waals surface area contributed by atoms with Gasteiger partial charge in [0.15, 0.2) is 11.4 Å². The predicted octanol–water partition coefficient (Wildman–Crippen LogP) is 2.43. The van der Waals surface area contributed by atoms with E-state index in [1.54, 1.807) is 0 Å². The minimum absolute atomic E-state index is 0.179. The SMILES string of the molecule is CC1(C)N=C(C(C)(C)C2=NC(C)(C)OC2)CO1. The Bertz CT molecular complexity index is 356. The summed E-state index contributed by atoms with van der Waals surface area (Å²) in [6.45, 7) is 13.4. The lowest BCUT2D eigenvalue weighted by molar-refractivity contribution is 0.0319. The Kier molecular flexibility index (Phi) is 2.71. The molecule has 0 aromatic heterocycles. The molecule has 0 bridgehead atoms. The van der Waals surface area contributed by atoms with E-state index in [1.165, 1.54) is 0 Å². The van der Waals surface area contributed by atoms with Gasteiger partial charge in [0.2, 0.25) is 0 Å². The Balaban J connectivity index is 2.27. The van der Waals surface area contributed by atoms with Gasteiger partial charge < -0.3 is 9.47 Å². The highest BCUT2D eigenvalue weighted by Gasteiger charge is 2.41. The minimum Gasteiger partial charge on any atom is -0.349 e. The lowest BCUT2D eigenvalue weighted by Gasteiger charge is -2.23. The van der Waals surface area contributed by atoms with Gasteiger partial charge in [-0.3, -0.25) is 9.98 Å². The topological polar surface area (TPSA) is 43.2 Å². The van der Waals surface area contributed by atoms with E-state index in [0.29, 0.717) is 13.2 Å². The van der Waals surface area contributed by atoms with Gasteiger partial charge in [-0.2, -0.15) is 0 Å². The van der Waals surface area contributed by atoms with Gasteiger partial charge in [-0.15, -0.1) is 0 Å². The summed E-state index contributed by atoms with van der Waals surface area (Å²) >= 11 is 0. The lowest BCUT2D eigenvalue weighted by atomic mass is 9.82. The third-order valence-corrected chi connectivity index (χ3v) is 3.38. The van der Waals surface area contributed by atoms with Crippen molar-refractivity contribution in [3.05, 3.63) is 0 Å². The molecule has 2 rings (SSSR count). The number of rotatable bonds is 2. The van der Waals surface area contributed by atoms with E-state index in [2.05, 4.69) is 23.8 Å². The Morgan fingerprint density at radius 1 is 0.882 bits per heavy atom. The van der Waals surface area contributed by atoms with Gasteiger partial charge in [0, 0.05) is 5.41 Å². The molecule has 0 N–H and O–H groups in total. The molecule has 2 heterocycles. The molecule has 0 radical (unpaired) electrons. The number of nitrogens with zero attached hydrogens (tertiary/aromatic N) is 2. The molecule has 4 heteroatoms. The third kappa shape index (κ3) is 2.43. The third-order valence-electron chi connectivity index (χ3n) is 3.38. The first-order valence-electron chi connectivity index (χ1n) is 6.09. The van der Waals surface area contributed by atoms with Crippen molar-refractivity contribution < 1.29 is 9.47 Å². The minimum atomic E-state index is -0.401. The maximum Gasteiger partial charge on any atom is 0.154 e. The Labute approximate surface area is 103 Å². The summed E-state index contributed by atoms with van der Waals surface area (Å²) in [6.07, 6.45) is 0. The summed E-state index contributed by atoms with van der Waals surface area (Å²) in [7, 11) is 0. The fraction of sp³-hybridized carbons (Fsp3) is 0.846. The quantitative estimate of drug-likeness (QED) is 0.741. The molecule has 2 aliphatic heterocycles. The monoisotopic (exact) mass is 238 g/mol. The van der Waals surface area contributed by atoms with Crippen molar-refractivity contribution in [3.8, 4) is 0 Å². The highest BCUT2D eigenvalue weighted by atomic mass is 16.5. The van der Waals surface area contributed by atoms with Crippen LogP contribution in [0.1, 0.15) is 41.5 Å². The fourth-order valence-electron chi connectivity index (χ4n) is 2.08. The first-order chi connectivity index (χ1) is 7.62. The second kappa shape index (κ2) is 3.62. The van der Waals surface area contributed by atoms with Crippen molar-refractivity contribution in [2.45, 2.75) is 53.0 Å². The summed E-state index contributed by atoms with van der Waals surface area (Å²) in [5.74, 6) is 0. The van der Waals surface area contributed by atoms with Crippen LogP contribution in [0.5, 0.6) is 0 Å². The number of hydrogen-bond donors (Lipinski definition) is 0. The molecular weight excluding hydrogens is 216 g/mol. The molecule has 0 saturated carbocycles. The molecule has 17 heavy (non-hydrogen) atoms. The van der Waals surface area contributed by atoms with Gasteiger partial charge in [0.1, 0.15) is 0 Å². The van der Waals surface area contributed by atoms with Gasteiger partial charge in [-0.05, 0) is 41.5 Å². The predicted molar refractivity (Wildman–Crippen MR) is 68.7 cm³/mol. The number of aliphatic imine (C=N–C) groups is 2. The zero-order chi connectivity index (χ0) is 12.9. The number of ether oxygens (including phenoxy) is 2. The zero-order valence-corrected chi connectivity index (χ0v) is 11.6. The molecule has 0 aromatic rings. The van der Waals surface area contributed by atoms with Crippen LogP contribution in [0, 0.1) is 5.41 Å². The molecule has 0 fully saturated rings. The lowest BCUT2D eigenvalue weighted by Crippen LogP contribution is -2.35. The van der Waals surface area contributed by atoms with Gasteiger partial charge in [-0.1, -0.05) is 0 Å². The van der Waals surface area contributed by atoms with Crippen molar-refractivity contribution in [2.24, 2.45) is 15.4 Å². The van der Waals surface area contributed by atoms with E-state index >= 15 is 0 Å². The molecule has 4 nitrogen and oxygen atoms in total. The average Bonchev–Trinajstić information content (AvgIpc) is 2.69. The normalized spacial score (nSPS) is 26.9. The highest BCUT2D eigenvalue weighted by molar-refractivity contribution is 6.13. The van der Waals surface area contributed by atoms with Crippen LogP contribution in [0.25, 0.3) is 0 Å². The Morgan fingerprint density at radius 3 is 1.47 bits per heavy atom. The van der Waals surface area contributed by atoms with E-state index in [4.69, 9.17) is 9.47 Å². The molecule has 96 valence electrons. The molecule has 0 spiro atoms. The molecule has 2 aliphatic rings. The van der Waals surface area contributed by atoms with Crippen molar-refractivity contribution in [2.75, 3.05) is 13.2 Å². The molecule has 0 atom stereocenters. The first kappa shape index (κ1) is 12.7. The second-order valence-corrected chi connectivity index (χ2v) is 6.21. The summed E-state index contributed by atoms with van der Waals surface area (Å²) in [5.41, 5.74) is 1.14. The van der Waals surface area contributed by atoms with Gasteiger partial charge in [0.25, 0.3) is 0 Å². The largest absolute Gasteiger partial charge is 0.349 e. The summed E-state index contributed by atoms with van der Waals surface area (Å²) in [6, 6.07) is 0. The number of hydrogen-bond acceptors (Lipinski definition) is 4. The standard InChI is InChI=1S/C13H22N2O2/c1-11(2,9-7-16-12(3,4)14-9)10-8-17-13(5,6)15-10/h7-8H2,1-6H3. The molecule has 0 aromatic carbocycles. The van der Waals surface area contributed by atoms with E-state index in [0.717, 1.165) is 11.4 Å². The van der Waals surface area contributed by atoms with Gasteiger partial charge in [-0.25, -0.2) is 0 Å². The maximum absolute atomic E-state index is 5.65. The van der Waals surface area contributed by atoms with Gasteiger partial charge in [0.05, 0.1) is 24.6 Å². The smallest absolute Gasteiger partial charge is 0.154 e. The van der Waals surface area contributed by atoms with Gasteiger partial charge >= 0.3 is 0 Å². The van der Waals surface area contributed by atoms with E-state index in [-0.39, 0.29) is 5.41 Å².